The minimum Gasteiger partial charge on any atom is -0.460 e. The van der Waals surface area contributed by atoms with Gasteiger partial charge in [-0.05, 0) is 129 Å². The van der Waals surface area contributed by atoms with Crippen LogP contribution in [-0.4, -0.2) is 83.4 Å². The summed E-state index contributed by atoms with van der Waals surface area (Å²) in [5, 5.41) is 2.85. The minimum absolute atomic E-state index is 0.0209. The third kappa shape index (κ3) is 7.71. The molecular weight excluding hydrogens is 711 g/mol. The molecule has 3 amide bonds. The maximum atomic E-state index is 13.8. The molecule has 2 aliphatic heterocycles. The molecular formula is C43H51N7O6. The Labute approximate surface area is 326 Å². The largest absolute Gasteiger partial charge is 0.460 e. The lowest BCUT2D eigenvalue weighted by Crippen LogP contribution is -2.51. The van der Waals surface area contributed by atoms with Gasteiger partial charge in [0.05, 0.1) is 46.0 Å². The van der Waals surface area contributed by atoms with Crippen LogP contribution in [0.15, 0.2) is 36.4 Å². The van der Waals surface area contributed by atoms with Crippen molar-refractivity contribution in [3.63, 3.8) is 0 Å². The summed E-state index contributed by atoms with van der Waals surface area (Å²) in [6.45, 7) is 12.2. The highest BCUT2D eigenvalue weighted by molar-refractivity contribution is 5.93. The molecule has 2 atom stereocenters. The molecule has 0 bridgehead atoms. The number of rotatable bonds is 7. The van der Waals surface area contributed by atoms with Crippen LogP contribution in [0.1, 0.15) is 134 Å². The highest BCUT2D eigenvalue weighted by Crippen LogP contribution is 2.52. The Balaban J connectivity index is 0.943. The van der Waals surface area contributed by atoms with Gasteiger partial charge < -0.3 is 34.6 Å². The first kappa shape index (κ1) is 37.5. The van der Waals surface area contributed by atoms with Crippen molar-refractivity contribution in [1.82, 2.24) is 35.1 Å². The second kappa shape index (κ2) is 13.7. The van der Waals surface area contributed by atoms with Crippen molar-refractivity contribution < 1.29 is 28.7 Å². The van der Waals surface area contributed by atoms with Gasteiger partial charge in [-0.2, -0.15) is 0 Å². The average Bonchev–Trinajstić information content (AvgIpc) is 3.71. The van der Waals surface area contributed by atoms with Crippen molar-refractivity contribution in [3.05, 3.63) is 59.2 Å². The molecule has 0 radical (unpaired) electrons. The molecule has 2 saturated carbocycles. The number of nitrogens with zero attached hydrogens (tertiary/aromatic N) is 4. The van der Waals surface area contributed by atoms with E-state index in [1.54, 1.807) is 20.8 Å². The smallest absolute Gasteiger partial charge is 0.408 e. The molecule has 2 saturated heterocycles. The summed E-state index contributed by atoms with van der Waals surface area (Å²) in [5.41, 5.74) is 2.09. The monoisotopic (exact) mass is 761 g/mol. The second-order valence-corrected chi connectivity index (χ2v) is 18.0. The van der Waals surface area contributed by atoms with E-state index in [9.17, 15) is 19.2 Å². The molecule has 4 heterocycles. The quantitative estimate of drug-likeness (QED) is 0.138. The first-order valence-electron chi connectivity index (χ1n) is 19.9. The summed E-state index contributed by atoms with van der Waals surface area (Å²) < 4.78 is 11.0. The number of carbonyl (C=O) groups excluding carboxylic acids is 4. The topological polar surface area (TPSA) is 163 Å². The minimum atomic E-state index is -0.916. The van der Waals surface area contributed by atoms with E-state index in [1.807, 2.05) is 67.0 Å². The van der Waals surface area contributed by atoms with Crippen LogP contribution >= 0.6 is 0 Å². The number of ether oxygens (including phenoxy) is 2. The van der Waals surface area contributed by atoms with Gasteiger partial charge >= 0.3 is 12.1 Å². The molecule has 294 valence electrons. The van der Waals surface area contributed by atoms with Crippen LogP contribution in [0.2, 0.25) is 0 Å². The maximum Gasteiger partial charge on any atom is 0.408 e. The predicted molar refractivity (Wildman–Crippen MR) is 209 cm³/mol. The Hall–Kier alpha value is -5.38. The van der Waals surface area contributed by atoms with E-state index in [0.717, 1.165) is 70.5 Å². The third-order valence-electron chi connectivity index (χ3n) is 11.1. The Morgan fingerprint density at radius 1 is 0.750 bits per heavy atom. The summed E-state index contributed by atoms with van der Waals surface area (Å²) in [6, 6.07) is 11.3. The van der Waals surface area contributed by atoms with Crippen molar-refractivity contribution in [3.8, 4) is 11.8 Å². The van der Waals surface area contributed by atoms with E-state index in [4.69, 9.17) is 19.4 Å². The lowest BCUT2D eigenvalue weighted by atomic mass is 9.99. The maximum absolute atomic E-state index is 13.8. The fourth-order valence-electron chi connectivity index (χ4n) is 8.13. The van der Waals surface area contributed by atoms with E-state index in [1.165, 1.54) is 0 Å². The number of nitrogens with one attached hydrogen (secondary N) is 3. The number of benzene rings is 2. The molecule has 13 nitrogen and oxygen atoms in total. The van der Waals surface area contributed by atoms with E-state index >= 15 is 0 Å². The number of esters is 1. The number of likely N-dealkylation sites (tertiary alicyclic amines) is 2. The van der Waals surface area contributed by atoms with Crippen molar-refractivity contribution in [1.29, 1.82) is 0 Å². The van der Waals surface area contributed by atoms with Gasteiger partial charge in [-0.15, -0.1) is 0 Å². The summed E-state index contributed by atoms with van der Waals surface area (Å²) in [6.07, 6.45) is 5.42. The number of amides is 3. The lowest BCUT2D eigenvalue weighted by Gasteiger charge is -2.29. The predicted octanol–water partition coefficient (Wildman–Crippen LogP) is 6.74. The summed E-state index contributed by atoms with van der Waals surface area (Å²) in [5.74, 6) is 7.65. The van der Waals surface area contributed by atoms with Crippen LogP contribution in [0, 0.1) is 17.3 Å². The van der Waals surface area contributed by atoms with Gasteiger partial charge in [0.25, 0.3) is 0 Å². The Morgan fingerprint density at radius 2 is 1.25 bits per heavy atom. The molecule has 56 heavy (non-hydrogen) atoms. The first-order valence-corrected chi connectivity index (χ1v) is 19.9. The van der Waals surface area contributed by atoms with Crippen molar-refractivity contribution in [2.45, 2.75) is 128 Å². The van der Waals surface area contributed by atoms with Gasteiger partial charge in [-0.3, -0.25) is 14.4 Å². The zero-order chi connectivity index (χ0) is 39.6. The van der Waals surface area contributed by atoms with Crippen LogP contribution in [-0.2, 0) is 23.9 Å². The number of aromatic amines is 2. The molecule has 2 aromatic heterocycles. The Bertz CT molecular complexity index is 2130. The van der Waals surface area contributed by atoms with E-state index in [-0.39, 0.29) is 36.3 Å². The lowest BCUT2D eigenvalue weighted by molar-refractivity contribution is -0.159. The van der Waals surface area contributed by atoms with Gasteiger partial charge in [-0.1, -0.05) is 11.8 Å². The van der Waals surface area contributed by atoms with E-state index in [0.29, 0.717) is 38.8 Å². The number of imidazole rings is 2. The normalized spacial score (nSPS) is 21.1. The van der Waals surface area contributed by atoms with E-state index < -0.39 is 28.2 Å². The fourth-order valence-corrected chi connectivity index (χ4v) is 8.13. The molecule has 2 aromatic carbocycles. The molecule has 13 heteroatoms. The number of aromatic nitrogens is 4. The van der Waals surface area contributed by atoms with Gasteiger partial charge in [0.15, 0.2) is 0 Å². The van der Waals surface area contributed by atoms with Crippen molar-refractivity contribution in [2.75, 3.05) is 13.1 Å². The van der Waals surface area contributed by atoms with Crippen molar-refractivity contribution >= 4 is 45.9 Å². The molecule has 4 aliphatic rings. The van der Waals surface area contributed by atoms with Gasteiger partial charge in [0, 0.05) is 24.2 Å². The average molecular weight is 762 g/mol. The van der Waals surface area contributed by atoms with Crippen LogP contribution < -0.4 is 5.32 Å². The number of carbonyl (C=O) groups is 4. The molecule has 4 fully saturated rings. The molecule has 0 spiro atoms. The number of H-pyrrole nitrogens is 2. The summed E-state index contributed by atoms with van der Waals surface area (Å²) >= 11 is 0. The zero-order valence-corrected chi connectivity index (χ0v) is 33.1. The summed E-state index contributed by atoms with van der Waals surface area (Å²) in [4.78, 5) is 73.2. The molecule has 8 rings (SSSR count). The van der Waals surface area contributed by atoms with Crippen LogP contribution in [0.5, 0.6) is 0 Å². The van der Waals surface area contributed by atoms with Gasteiger partial charge in [-0.25, -0.2) is 14.8 Å². The molecule has 3 N–H and O–H groups in total. The second-order valence-electron chi connectivity index (χ2n) is 18.0. The highest BCUT2D eigenvalue weighted by atomic mass is 16.6. The Kier molecular flexibility index (Phi) is 9.17. The number of hydrogen-bond acceptors (Lipinski definition) is 8. The fraction of sp³-hybridized carbons (Fsp3) is 0.535. The van der Waals surface area contributed by atoms with E-state index in [2.05, 4.69) is 27.1 Å². The summed E-state index contributed by atoms with van der Waals surface area (Å²) in [7, 11) is 0. The Morgan fingerprint density at radius 3 is 1.71 bits per heavy atom. The number of hydrogen-bond donors (Lipinski definition) is 3. The first-order chi connectivity index (χ1) is 26.5. The molecule has 4 aromatic rings. The molecule has 0 unspecified atom stereocenters. The molecule has 2 aliphatic carbocycles. The van der Waals surface area contributed by atoms with Gasteiger partial charge in [0.2, 0.25) is 11.8 Å². The van der Waals surface area contributed by atoms with Crippen LogP contribution in [0.3, 0.4) is 0 Å². The van der Waals surface area contributed by atoms with Gasteiger partial charge in [0.1, 0.15) is 28.4 Å². The van der Waals surface area contributed by atoms with Crippen LogP contribution in [0.25, 0.3) is 22.1 Å². The standard InChI is InChI=1S/C43H51N7O6/c1-40(2,3)55-34(51)25-42(17-18-42)37(52)49-21-7-9-32(49)35-44-28-15-13-26(23-30(28)46-35)11-12-27-14-16-29-31(24-27)47-36(45-29)33-10-8-22-50(33)38(53)43(19-20-43)48-39(54)56-41(4,5)6/h13-16,23-24,32-33H,7-10,17-22,25H2,1-6H3,(H,44,46)(H,45,47)(H,48,54)/t32-,33-/m0/s1. The van der Waals surface area contributed by atoms with Crippen molar-refractivity contribution in [2.24, 2.45) is 5.41 Å². The number of alkyl carbamates (subject to hydrolysis) is 1. The highest BCUT2D eigenvalue weighted by Gasteiger charge is 2.56. The zero-order valence-electron chi connectivity index (χ0n) is 33.1. The van der Waals surface area contributed by atoms with Crippen LogP contribution in [0.4, 0.5) is 4.79 Å². The SMILES string of the molecule is CC(C)(C)OC(=O)CC1(C(=O)N2CCC[C@H]2c2nc3ccc(C#Cc4ccc5nc([C@@H]6CCCN6C(=O)C6(NC(=O)OC(C)(C)C)CC6)[nH]c5c4)cc3[nH]2)CC1. The third-order valence-corrected chi connectivity index (χ3v) is 11.1. The number of fused-ring (bicyclic) bond motifs is 2.